The Bertz CT molecular complexity index is 366. The van der Waals surface area contributed by atoms with E-state index in [0.29, 0.717) is 6.54 Å². The third kappa shape index (κ3) is 2.94. The van der Waals surface area contributed by atoms with Gasteiger partial charge in [-0.05, 0) is 24.8 Å². The molecule has 2 rings (SSSR count). The molecule has 0 aliphatic heterocycles. The highest BCUT2D eigenvalue weighted by Gasteiger charge is 2.23. The molecule has 0 radical (unpaired) electrons. The van der Waals surface area contributed by atoms with Gasteiger partial charge in [0.25, 0.3) is 0 Å². The van der Waals surface area contributed by atoms with Crippen molar-refractivity contribution < 1.29 is 9.32 Å². The van der Waals surface area contributed by atoms with Gasteiger partial charge in [-0.15, -0.1) is 0 Å². The number of carbonyl (C=O) groups is 1. The third-order valence-corrected chi connectivity index (χ3v) is 2.42. The van der Waals surface area contributed by atoms with E-state index in [-0.39, 0.29) is 5.91 Å². The van der Waals surface area contributed by atoms with Crippen LogP contribution in [0.1, 0.15) is 24.3 Å². The third-order valence-electron chi connectivity index (χ3n) is 2.42. The minimum absolute atomic E-state index is 0.193. The molecule has 80 valence electrons. The predicted molar refractivity (Wildman–Crippen MR) is 55.0 cm³/mol. The maximum atomic E-state index is 10.9. The zero-order valence-corrected chi connectivity index (χ0v) is 8.53. The molecule has 4 heteroatoms. The lowest BCUT2D eigenvalue weighted by Crippen LogP contribution is -2.19. The van der Waals surface area contributed by atoms with Gasteiger partial charge in [0.15, 0.2) is 0 Å². The Morgan fingerprint density at radius 3 is 3.20 bits per heavy atom. The van der Waals surface area contributed by atoms with Crippen molar-refractivity contribution in [3.63, 3.8) is 0 Å². The first-order valence-corrected chi connectivity index (χ1v) is 5.12. The lowest BCUT2D eigenvalue weighted by Gasteiger charge is -1.95. The zero-order valence-electron chi connectivity index (χ0n) is 8.53. The van der Waals surface area contributed by atoms with Crippen LogP contribution in [0.4, 0.5) is 0 Å². The predicted octanol–water partition coefficient (Wildman–Crippen LogP) is 1.43. The van der Waals surface area contributed by atoms with E-state index in [4.69, 9.17) is 4.52 Å². The van der Waals surface area contributed by atoms with Crippen molar-refractivity contribution in [1.82, 2.24) is 10.5 Å². The van der Waals surface area contributed by atoms with Crippen molar-refractivity contribution in [2.24, 2.45) is 5.92 Å². The van der Waals surface area contributed by atoms with Crippen molar-refractivity contribution in [1.29, 1.82) is 0 Å². The molecule has 0 aromatic carbocycles. The van der Waals surface area contributed by atoms with Crippen LogP contribution in [0.2, 0.25) is 0 Å². The van der Waals surface area contributed by atoms with Crippen molar-refractivity contribution in [3.8, 4) is 0 Å². The second-order valence-electron chi connectivity index (χ2n) is 3.85. The summed E-state index contributed by atoms with van der Waals surface area (Å²) < 4.78 is 5.15. The first kappa shape index (κ1) is 9.96. The molecular weight excluding hydrogens is 192 g/mol. The van der Waals surface area contributed by atoms with E-state index < -0.39 is 0 Å². The summed E-state index contributed by atoms with van der Waals surface area (Å²) in [5.41, 5.74) is 0.765. The number of amides is 1. The van der Waals surface area contributed by atoms with E-state index in [0.717, 1.165) is 23.8 Å². The molecule has 15 heavy (non-hydrogen) atoms. The van der Waals surface area contributed by atoms with Gasteiger partial charge in [-0.1, -0.05) is 11.7 Å². The van der Waals surface area contributed by atoms with Crippen LogP contribution in [0.3, 0.4) is 0 Å². The van der Waals surface area contributed by atoms with Crippen LogP contribution in [-0.2, 0) is 17.8 Å². The number of nitrogens with one attached hydrogen (secondary N) is 1. The van der Waals surface area contributed by atoms with Crippen LogP contribution >= 0.6 is 0 Å². The highest BCUT2D eigenvalue weighted by atomic mass is 16.5. The Hall–Kier alpha value is -1.58. The highest BCUT2D eigenvalue weighted by molar-refractivity contribution is 5.86. The molecule has 0 saturated heterocycles. The highest BCUT2D eigenvalue weighted by Crippen LogP contribution is 2.32. The van der Waals surface area contributed by atoms with Crippen molar-refractivity contribution in [2.75, 3.05) is 0 Å². The fourth-order valence-electron chi connectivity index (χ4n) is 1.39. The molecule has 1 amide bonds. The fraction of sp³-hybridized carbons (Fsp3) is 0.455. The van der Waals surface area contributed by atoms with Gasteiger partial charge in [0, 0.05) is 12.5 Å². The maximum absolute atomic E-state index is 10.9. The quantitative estimate of drug-likeness (QED) is 0.741. The fourth-order valence-corrected chi connectivity index (χ4v) is 1.39. The number of hydrogen-bond donors (Lipinski definition) is 1. The Morgan fingerprint density at radius 1 is 1.73 bits per heavy atom. The normalized spacial score (nSPS) is 14.9. The van der Waals surface area contributed by atoms with Crippen LogP contribution in [0, 0.1) is 5.92 Å². The molecule has 0 spiro atoms. The summed E-state index contributed by atoms with van der Waals surface area (Å²) in [5, 5.41) is 6.53. The van der Waals surface area contributed by atoms with Gasteiger partial charge in [-0.3, -0.25) is 4.79 Å². The summed E-state index contributed by atoms with van der Waals surface area (Å²) in [7, 11) is 0. The zero-order chi connectivity index (χ0) is 10.7. The van der Waals surface area contributed by atoms with Crippen LogP contribution in [0.25, 0.3) is 0 Å². The average Bonchev–Trinajstić information content (AvgIpc) is 2.93. The first-order chi connectivity index (χ1) is 7.28. The lowest BCUT2D eigenvalue weighted by molar-refractivity contribution is -0.116. The van der Waals surface area contributed by atoms with Crippen LogP contribution in [0.15, 0.2) is 23.2 Å². The number of rotatable bonds is 5. The molecule has 1 fully saturated rings. The minimum Gasteiger partial charge on any atom is -0.361 e. The Kier molecular flexibility index (Phi) is 2.85. The monoisotopic (exact) mass is 206 g/mol. The second kappa shape index (κ2) is 4.29. The van der Waals surface area contributed by atoms with Crippen LogP contribution in [-0.4, -0.2) is 11.1 Å². The summed E-state index contributed by atoms with van der Waals surface area (Å²) in [5.74, 6) is 1.51. The summed E-state index contributed by atoms with van der Waals surface area (Å²) in [4.78, 5) is 10.9. The molecule has 1 aliphatic rings. The van der Waals surface area contributed by atoms with Crippen LogP contribution in [0.5, 0.6) is 0 Å². The molecule has 1 aliphatic carbocycles. The smallest absolute Gasteiger partial charge is 0.243 e. The maximum Gasteiger partial charge on any atom is 0.243 e. The minimum atomic E-state index is -0.193. The Labute approximate surface area is 88.3 Å². The molecule has 1 N–H and O–H groups in total. The van der Waals surface area contributed by atoms with Crippen molar-refractivity contribution >= 4 is 5.91 Å². The molecule has 4 nitrogen and oxygen atoms in total. The standard InChI is InChI=1S/C11H14N2O2/c1-2-11(14)12-7-9-6-10(15-13-9)5-8-3-4-8/h2,6,8H,1,3-5,7H2,(H,12,14). The van der Waals surface area contributed by atoms with Gasteiger partial charge in [-0.25, -0.2) is 0 Å². The summed E-state index contributed by atoms with van der Waals surface area (Å²) in [6, 6.07) is 1.90. The van der Waals surface area contributed by atoms with Gasteiger partial charge in [0.1, 0.15) is 11.5 Å². The molecule has 1 aromatic heterocycles. The molecular formula is C11H14N2O2. The molecule has 0 bridgehead atoms. The molecule has 1 heterocycles. The number of hydrogen-bond acceptors (Lipinski definition) is 3. The van der Waals surface area contributed by atoms with Gasteiger partial charge >= 0.3 is 0 Å². The largest absolute Gasteiger partial charge is 0.361 e. The van der Waals surface area contributed by atoms with Gasteiger partial charge in [-0.2, -0.15) is 0 Å². The summed E-state index contributed by atoms with van der Waals surface area (Å²) in [6.07, 6.45) is 4.81. The lowest BCUT2D eigenvalue weighted by atomic mass is 10.2. The van der Waals surface area contributed by atoms with Crippen molar-refractivity contribution in [3.05, 3.63) is 30.2 Å². The van der Waals surface area contributed by atoms with Crippen molar-refractivity contribution in [2.45, 2.75) is 25.8 Å². The SMILES string of the molecule is C=CC(=O)NCc1cc(CC2CC2)on1. The van der Waals surface area contributed by atoms with E-state index in [2.05, 4.69) is 17.1 Å². The van der Waals surface area contributed by atoms with E-state index in [1.54, 1.807) is 0 Å². The second-order valence-corrected chi connectivity index (χ2v) is 3.85. The molecule has 0 atom stereocenters. The van der Waals surface area contributed by atoms with E-state index in [1.807, 2.05) is 6.07 Å². The van der Waals surface area contributed by atoms with E-state index in [1.165, 1.54) is 18.9 Å². The van der Waals surface area contributed by atoms with Gasteiger partial charge in [0.05, 0.1) is 6.54 Å². The topological polar surface area (TPSA) is 55.1 Å². The summed E-state index contributed by atoms with van der Waals surface area (Å²) in [6.45, 7) is 3.77. The van der Waals surface area contributed by atoms with E-state index >= 15 is 0 Å². The van der Waals surface area contributed by atoms with E-state index in [9.17, 15) is 4.79 Å². The average molecular weight is 206 g/mol. The molecule has 1 aromatic rings. The Morgan fingerprint density at radius 2 is 2.53 bits per heavy atom. The summed E-state index contributed by atoms with van der Waals surface area (Å²) >= 11 is 0. The molecule has 0 unspecified atom stereocenters. The van der Waals surface area contributed by atoms with Crippen LogP contribution < -0.4 is 5.32 Å². The molecule has 1 saturated carbocycles. The van der Waals surface area contributed by atoms with Gasteiger partial charge < -0.3 is 9.84 Å². The number of carbonyl (C=O) groups excluding carboxylic acids is 1. The number of aromatic nitrogens is 1. The van der Waals surface area contributed by atoms with Gasteiger partial charge in [0.2, 0.25) is 5.91 Å². The number of nitrogens with zero attached hydrogens (tertiary/aromatic N) is 1. The first-order valence-electron chi connectivity index (χ1n) is 5.12. The Balaban J connectivity index is 1.83.